The van der Waals surface area contributed by atoms with Crippen LogP contribution in [0, 0.1) is 0 Å². The quantitative estimate of drug-likeness (QED) is 0.809. The Balaban J connectivity index is 2.27. The lowest BCUT2D eigenvalue weighted by Gasteiger charge is -2.39. The Morgan fingerprint density at radius 3 is 2.75 bits per heavy atom. The molecule has 0 atom stereocenters. The van der Waals surface area contributed by atoms with Gasteiger partial charge in [0, 0.05) is 20.5 Å². The van der Waals surface area contributed by atoms with Gasteiger partial charge in [-0.2, -0.15) is 12.6 Å². The molecule has 66 valence electrons. The maximum Gasteiger partial charge on any atom is 0.0602 e. The van der Waals surface area contributed by atoms with Crippen molar-refractivity contribution in [2.24, 2.45) is 0 Å². The lowest BCUT2D eigenvalue weighted by molar-refractivity contribution is -0.0452. The molecule has 0 aliphatic carbocycles. The van der Waals surface area contributed by atoms with Crippen molar-refractivity contribution in [2.45, 2.75) is 5.41 Å². The van der Waals surface area contributed by atoms with Crippen LogP contribution in [0.3, 0.4) is 0 Å². The number of ether oxygens (including phenoxy) is 1. The average Bonchev–Trinajstić information content (AvgIpc) is 2.35. The van der Waals surface area contributed by atoms with Gasteiger partial charge >= 0.3 is 0 Å². The second-order valence-corrected chi connectivity index (χ2v) is 5.20. The molecule has 12 heavy (non-hydrogen) atoms. The fourth-order valence-electron chi connectivity index (χ4n) is 1.25. The molecule has 0 saturated carbocycles. The van der Waals surface area contributed by atoms with E-state index >= 15 is 0 Å². The molecule has 1 saturated heterocycles. The second-order valence-electron chi connectivity index (χ2n) is 3.06. The third-order valence-electron chi connectivity index (χ3n) is 2.15. The van der Waals surface area contributed by atoms with E-state index in [1.54, 1.807) is 11.3 Å². The zero-order valence-corrected chi connectivity index (χ0v) is 9.71. The maximum absolute atomic E-state index is 5.24. The van der Waals surface area contributed by atoms with E-state index in [4.69, 9.17) is 4.74 Å². The van der Waals surface area contributed by atoms with Gasteiger partial charge in [-0.25, -0.2) is 0 Å². The highest BCUT2D eigenvalue weighted by atomic mass is 79.9. The second kappa shape index (κ2) is 3.33. The van der Waals surface area contributed by atoms with E-state index in [1.807, 2.05) is 0 Å². The summed E-state index contributed by atoms with van der Waals surface area (Å²) in [5, 5.41) is 2.11. The van der Waals surface area contributed by atoms with Gasteiger partial charge in [-0.3, -0.25) is 0 Å². The Morgan fingerprint density at radius 2 is 2.42 bits per heavy atom. The first-order chi connectivity index (χ1) is 5.77. The first-order valence-electron chi connectivity index (χ1n) is 3.70. The Labute approximate surface area is 89.7 Å². The predicted octanol–water partition coefficient (Wildman–Crippen LogP) is 2.71. The molecule has 0 amide bonds. The highest BCUT2D eigenvalue weighted by Gasteiger charge is 2.40. The van der Waals surface area contributed by atoms with Crippen LogP contribution in [0.25, 0.3) is 0 Å². The van der Waals surface area contributed by atoms with Crippen LogP contribution in [0.1, 0.15) is 4.88 Å². The molecule has 0 bridgehead atoms. The van der Waals surface area contributed by atoms with Crippen molar-refractivity contribution in [3.63, 3.8) is 0 Å². The molecular formula is C8H9BrOS2. The average molecular weight is 265 g/mol. The van der Waals surface area contributed by atoms with Crippen LogP contribution in [0.15, 0.2) is 15.9 Å². The fourth-order valence-corrected chi connectivity index (χ4v) is 3.31. The number of halogens is 1. The van der Waals surface area contributed by atoms with Gasteiger partial charge in [0.15, 0.2) is 0 Å². The summed E-state index contributed by atoms with van der Waals surface area (Å²) in [6, 6.07) is 2.17. The van der Waals surface area contributed by atoms with Crippen LogP contribution in [0.5, 0.6) is 0 Å². The van der Waals surface area contributed by atoms with E-state index in [0.29, 0.717) is 0 Å². The molecule has 1 nitrogen and oxygen atoms in total. The third kappa shape index (κ3) is 1.35. The van der Waals surface area contributed by atoms with Crippen molar-refractivity contribution in [3.8, 4) is 0 Å². The van der Waals surface area contributed by atoms with Gasteiger partial charge in [-0.05, 0) is 22.0 Å². The lowest BCUT2D eigenvalue weighted by Crippen LogP contribution is -2.47. The zero-order chi connectivity index (χ0) is 8.60. The molecule has 0 unspecified atom stereocenters. The van der Waals surface area contributed by atoms with Crippen molar-refractivity contribution in [3.05, 3.63) is 20.8 Å². The van der Waals surface area contributed by atoms with Gasteiger partial charge in [0.25, 0.3) is 0 Å². The van der Waals surface area contributed by atoms with Crippen LogP contribution >= 0.6 is 39.9 Å². The third-order valence-corrected chi connectivity index (χ3v) is 4.69. The molecule has 1 aliphatic rings. The molecule has 1 fully saturated rings. The Kier molecular flexibility index (Phi) is 2.51. The molecule has 1 aromatic rings. The minimum Gasteiger partial charge on any atom is -0.379 e. The first kappa shape index (κ1) is 9.06. The standard InChI is InChI=1S/C8H9BrOS2/c9-6-1-7(12-2-6)8(5-11)3-10-4-8/h1-2,11H,3-5H2. The van der Waals surface area contributed by atoms with Gasteiger partial charge < -0.3 is 4.74 Å². The van der Waals surface area contributed by atoms with Crippen LogP contribution in [-0.4, -0.2) is 19.0 Å². The largest absolute Gasteiger partial charge is 0.379 e. The lowest BCUT2D eigenvalue weighted by atomic mass is 9.87. The fraction of sp³-hybridized carbons (Fsp3) is 0.500. The topological polar surface area (TPSA) is 9.23 Å². The van der Waals surface area contributed by atoms with E-state index in [1.165, 1.54) is 4.88 Å². The summed E-state index contributed by atoms with van der Waals surface area (Å²) in [4.78, 5) is 1.38. The normalized spacial score (nSPS) is 20.5. The number of hydrogen-bond acceptors (Lipinski definition) is 3. The molecule has 1 aromatic heterocycles. The summed E-state index contributed by atoms with van der Waals surface area (Å²) >= 11 is 9.60. The summed E-state index contributed by atoms with van der Waals surface area (Å²) in [5.41, 5.74) is 0.208. The molecular weight excluding hydrogens is 256 g/mol. The van der Waals surface area contributed by atoms with E-state index < -0.39 is 0 Å². The summed E-state index contributed by atoms with van der Waals surface area (Å²) in [5.74, 6) is 0.875. The molecule has 2 heterocycles. The molecule has 0 radical (unpaired) electrons. The van der Waals surface area contributed by atoms with Crippen LogP contribution in [0.2, 0.25) is 0 Å². The number of thiol groups is 1. The van der Waals surface area contributed by atoms with Crippen molar-refractivity contribution in [1.29, 1.82) is 0 Å². The number of rotatable bonds is 2. The number of hydrogen-bond donors (Lipinski definition) is 1. The maximum atomic E-state index is 5.24. The van der Waals surface area contributed by atoms with Crippen molar-refractivity contribution < 1.29 is 4.74 Å². The van der Waals surface area contributed by atoms with Gasteiger partial charge in [0.05, 0.1) is 18.6 Å². The number of thiophene rings is 1. The van der Waals surface area contributed by atoms with E-state index in [2.05, 4.69) is 40.0 Å². The molecule has 1 aliphatic heterocycles. The summed E-state index contributed by atoms with van der Waals surface area (Å²) in [6.07, 6.45) is 0. The first-order valence-corrected chi connectivity index (χ1v) is 6.00. The minimum absolute atomic E-state index is 0.208. The molecule has 0 spiro atoms. The monoisotopic (exact) mass is 264 g/mol. The van der Waals surface area contributed by atoms with Crippen molar-refractivity contribution in [1.82, 2.24) is 0 Å². The van der Waals surface area contributed by atoms with Crippen LogP contribution in [0.4, 0.5) is 0 Å². The van der Waals surface area contributed by atoms with Crippen molar-refractivity contribution in [2.75, 3.05) is 19.0 Å². The SMILES string of the molecule is SCC1(c2cc(Br)cs2)COC1. The Morgan fingerprint density at radius 1 is 1.67 bits per heavy atom. The molecule has 2 rings (SSSR count). The van der Waals surface area contributed by atoms with Crippen molar-refractivity contribution >= 4 is 39.9 Å². The van der Waals surface area contributed by atoms with Gasteiger partial charge in [-0.15, -0.1) is 11.3 Å². The minimum atomic E-state index is 0.208. The summed E-state index contributed by atoms with van der Waals surface area (Å²) < 4.78 is 6.40. The molecule has 0 N–H and O–H groups in total. The highest BCUT2D eigenvalue weighted by Crippen LogP contribution is 2.38. The van der Waals surface area contributed by atoms with E-state index in [0.717, 1.165) is 23.4 Å². The van der Waals surface area contributed by atoms with Crippen LogP contribution < -0.4 is 0 Å². The summed E-state index contributed by atoms with van der Waals surface area (Å²) in [7, 11) is 0. The van der Waals surface area contributed by atoms with Crippen LogP contribution in [-0.2, 0) is 10.2 Å². The van der Waals surface area contributed by atoms with E-state index in [9.17, 15) is 0 Å². The Bertz CT molecular complexity index is 275. The molecule has 4 heteroatoms. The van der Waals surface area contributed by atoms with Gasteiger partial charge in [-0.1, -0.05) is 0 Å². The van der Waals surface area contributed by atoms with E-state index in [-0.39, 0.29) is 5.41 Å². The van der Waals surface area contributed by atoms with Gasteiger partial charge in [0.2, 0.25) is 0 Å². The summed E-state index contributed by atoms with van der Waals surface area (Å²) in [6.45, 7) is 1.65. The smallest absolute Gasteiger partial charge is 0.0602 e. The molecule has 0 aromatic carbocycles. The Hall–Kier alpha value is 0.490. The predicted molar refractivity (Wildman–Crippen MR) is 58.4 cm³/mol. The zero-order valence-electron chi connectivity index (χ0n) is 6.42. The highest BCUT2D eigenvalue weighted by molar-refractivity contribution is 9.10. The van der Waals surface area contributed by atoms with Gasteiger partial charge in [0.1, 0.15) is 0 Å².